The molecule has 0 aliphatic carbocycles. The highest BCUT2D eigenvalue weighted by atomic mass is 19.4. The fraction of sp³-hybridized carbons (Fsp3) is 0.389. The van der Waals surface area contributed by atoms with Gasteiger partial charge < -0.3 is 30.2 Å². The van der Waals surface area contributed by atoms with Crippen molar-refractivity contribution in [1.82, 2.24) is 20.9 Å². The molecule has 0 bridgehead atoms. The van der Waals surface area contributed by atoms with Crippen LogP contribution in [0.15, 0.2) is 72.9 Å². The Balaban J connectivity index is 1.91. The first-order chi connectivity index (χ1) is 23.9. The summed E-state index contributed by atoms with van der Waals surface area (Å²) in [7, 11) is 1.41. The third kappa shape index (κ3) is 12.4. The Morgan fingerprint density at radius 3 is 1.96 bits per heavy atom. The molecule has 0 aliphatic rings. The van der Waals surface area contributed by atoms with Crippen LogP contribution in [0.1, 0.15) is 62.3 Å². The number of esters is 1. The molecule has 3 amide bonds. The molecule has 0 radical (unpaired) electrons. The summed E-state index contributed by atoms with van der Waals surface area (Å²) in [6, 6.07) is 11.8. The molecular weight excluding hydrogens is 673 g/mol. The van der Waals surface area contributed by atoms with Gasteiger partial charge in [-0.1, -0.05) is 44.2 Å². The molecule has 3 N–H and O–H groups in total. The fourth-order valence-electron chi connectivity index (χ4n) is 4.70. The molecule has 0 saturated heterocycles. The number of hydrogen-bond donors (Lipinski definition) is 3. The molecule has 3 rings (SSSR count). The van der Waals surface area contributed by atoms with Gasteiger partial charge in [0.2, 0.25) is 11.8 Å². The molecular formula is C36H41F3N4O8. The zero-order valence-electron chi connectivity index (χ0n) is 29.0. The van der Waals surface area contributed by atoms with E-state index in [1.54, 1.807) is 57.2 Å². The average molecular weight is 715 g/mol. The smallest absolute Gasteiger partial charge is 0.452 e. The van der Waals surface area contributed by atoms with Crippen LogP contribution in [-0.4, -0.2) is 72.0 Å². The van der Waals surface area contributed by atoms with Crippen molar-refractivity contribution in [2.24, 2.45) is 5.92 Å². The quantitative estimate of drug-likeness (QED) is 0.195. The van der Waals surface area contributed by atoms with Gasteiger partial charge in [0.1, 0.15) is 34.9 Å². The van der Waals surface area contributed by atoms with Gasteiger partial charge >= 0.3 is 12.1 Å². The van der Waals surface area contributed by atoms with Crippen molar-refractivity contribution in [2.45, 2.75) is 70.9 Å². The number of benzene rings is 2. The van der Waals surface area contributed by atoms with Crippen LogP contribution < -0.4 is 25.4 Å². The maximum absolute atomic E-state index is 13.9. The van der Waals surface area contributed by atoms with Gasteiger partial charge in [-0.15, -0.1) is 0 Å². The van der Waals surface area contributed by atoms with E-state index >= 15 is 0 Å². The van der Waals surface area contributed by atoms with Crippen LogP contribution in [0.5, 0.6) is 11.5 Å². The van der Waals surface area contributed by atoms with Gasteiger partial charge in [0.15, 0.2) is 6.61 Å². The Kier molecular flexibility index (Phi) is 13.7. The van der Waals surface area contributed by atoms with Crippen molar-refractivity contribution >= 4 is 29.5 Å². The fourth-order valence-corrected chi connectivity index (χ4v) is 4.70. The number of nitrogens with zero attached hydrogens (tertiary/aromatic N) is 1. The maximum atomic E-state index is 13.9. The summed E-state index contributed by atoms with van der Waals surface area (Å²) < 4.78 is 56.1. The summed E-state index contributed by atoms with van der Waals surface area (Å²) in [6.07, 6.45) is -3.95. The molecule has 1 aromatic heterocycles. The van der Waals surface area contributed by atoms with E-state index in [1.807, 2.05) is 0 Å². The normalized spacial score (nSPS) is 13.3. The highest BCUT2D eigenvalue weighted by Crippen LogP contribution is 2.24. The van der Waals surface area contributed by atoms with E-state index in [0.717, 1.165) is 0 Å². The van der Waals surface area contributed by atoms with E-state index in [4.69, 9.17) is 14.2 Å². The van der Waals surface area contributed by atoms with Gasteiger partial charge in [0.05, 0.1) is 13.2 Å². The monoisotopic (exact) mass is 714 g/mol. The first kappa shape index (κ1) is 40.0. The molecule has 1 heterocycles. The number of Topliss-reactive ketones (excluding diaryl/α,β-unsaturated/α-hetero) is 1. The molecule has 0 aliphatic heterocycles. The lowest BCUT2D eigenvalue weighted by Gasteiger charge is -2.27. The van der Waals surface area contributed by atoms with Gasteiger partial charge in [-0.3, -0.25) is 24.2 Å². The predicted molar refractivity (Wildman–Crippen MR) is 179 cm³/mol. The number of ether oxygens (including phenoxy) is 3. The Hall–Kier alpha value is -5.47. The van der Waals surface area contributed by atoms with Gasteiger partial charge in [-0.2, -0.15) is 13.2 Å². The van der Waals surface area contributed by atoms with Crippen molar-refractivity contribution in [3.63, 3.8) is 0 Å². The zero-order chi connectivity index (χ0) is 37.9. The highest BCUT2D eigenvalue weighted by Gasteiger charge is 2.45. The largest absolute Gasteiger partial charge is 0.497 e. The average Bonchev–Trinajstić information content (AvgIpc) is 3.07. The lowest BCUT2D eigenvalue weighted by Crippen LogP contribution is -2.55. The molecule has 0 spiro atoms. The Bertz CT molecular complexity index is 1660. The number of ketones is 1. The van der Waals surface area contributed by atoms with Crippen molar-refractivity contribution < 1.29 is 51.4 Å². The van der Waals surface area contributed by atoms with Crippen molar-refractivity contribution in [2.75, 3.05) is 13.7 Å². The van der Waals surface area contributed by atoms with Crippen LogP contribution in [0, 0.1) is 5.92 Å². The van der Waals surface area contributed by atoms with Crippen molar-refractivity contribution in [3.8, 4) is 11.5 Å². The molecule has 3 unspecified atom stereocenters. The van der Waals surface area contributed by atoms with Crippen molar-refractivity contribution in [1.29, 1.82) is 0 Å². The molecule has 15 heteroatoms. The summed E-state index contributed by atoms with van der Waals surface area (Å²) in [5, 5.41) is 7.30. The SMILES string of the molecule is COc1ccc(C(NC(=O)C(Cc2ccc(OCC(=O)OC(C)(C)C)cc2)NC(=O)c2ccccn2)C(=O)NC(C(=O)C(F)(F)F)C(C)C)cc1. The maximum Gasteiger partial charge on any atom is 0.452 e. The number of hydrogen-bond acceptors (Lipinski definition) is 9. The van der Waals surface area contributed by atoms with Gasteiger partial charge in [-0.05, 0) is 74.2 Å². The Morgan fingerprint density at radius 2 is 1.43 bits per heavy atom. The summed E-state index contributed by atoms with van der Waals surface area (Å²) >= 11 is 0. The molecule has 3 atom stereocenters. The van der Waals surface area contributed by atoms with E-state index < -0.39 is 65.3 Å². The third-order valence-corrected chi connectivity index (χ3v) is 7.18. The van der Waals surface area contributed by atoms with Crippen LogP contribution in [-0.2, 0) is 30.3 Å². The number of aromatic nitrogens is 1. The van der Waals surface area contributed by atoms with E-state index in [0.29, 0.717) is 17.1 Å². The van der Waals surface area contributed by atoms with Crippen molar-refractivity contribution in [3.05, 3.63) is 89.7 Å². The molecule has 274 valence electrons. The number of carbonyl (C=O) groups excluding carboxylic acids is 5. The molecule has 12 nitrogen and oxygen atoms in total. The second-order valence-corrected chi connectivity index (χ2v) is 12.8. The minimum absolute atomic E-state index is 0.00363. The number of amides is 3. The van der Waals surface area contributed by atoms with Crippen LogP contribution in [0.4, 0.5) is 13.2 Å². The minimum Gasteiger partial charge on any atom is -0.497 e. The van der Waals surface area contributed by atoms with Gasteiger partial charge in [0.25, 0.3) is 11.7 Å². The lowest BCUT2D eigenvalue weighted by molar-refractivity contribution is -0.175. The molecule has 51 heavy (non-hydrogen) atoms. The second kappa shape index (κ2) is 17.5. The third-order valence-electron chi connectivity index (χ3n) is 7.18. The standard InChI is InChI=1S/C36H41F3N4O8/c1-21(2)29(31(45)36(37,38)39)42-34(48)30(23-12-16-24(49-6)17-13-23)43-33(47)27(41-32(46)26-9-7-8-18-40-26)19-22-10-14-25(15-11-22)50-20-28(44)51-35(3,4)5/h7-18,21,27,29-30H,19-20H2,1-6H3,(H,41,46)(H,42,48)(H,43,47). The van der Waals surface area contributed by atoms with E-state index in [9.17, 15) is 37.1 Å². The summed E-state index contributed by atoms with van der Waals surface area (Å²) in [5.74, 6) is -5.62. The predicted octanol–water partition coefficient (Wildman–Crippen LogP) is 4.28. The number of rotatable bonds is 15. The van der Waals surface area contributed by atoms with Crippen LogP contribution >= 0.6 is 0 Å². The number of alkyl halides is 3. The van der Waals surface area contributed by atoms with E-state index in [1.165, 1.54) is 57.5 Å². The first-order valence-electron chi connectivity index (χ1n) is 15.9. The second-order valence-electron chi connectivity index (χ2n) is 12.8. The molecule has 3 aromatic rings. The highest BCUT2D eigenvalue weighted by molar-refractivity contribution is 5.98. The number of methoxy groups -OCH3 is 1. The van der Waals surface area contributed by atoms with E-state index in [2.05, 4.69) is 20.9 Å². The number of nitrogens with one attached hydrogen (secondary N) is 3. The zero-order valence-corrected chi connectivity index (χ0v) is 29.0. The Morgan fingerprint density at radius 1 is 0.804 bits per heavy atom. The summed E-state index contributed by atoms with van der Waals surface area (Å²) in [4.78, 5) is 68.9. The van der Waals surface area contributed by atoms with Crippen LogP contribution in [0.2, 0.25) is 0 Å². The first-order valence-corrected chi connectivity index (χ1v) is 15.9. The minimum atomic E-state index is -5.22. The van der Waals surface area contributed by atoms with Gasteiger partial charge in [-0.25, -0.2) is 4.79 Å². The molecule has 2 aromatic carbocycles. The number of halogens is 3. The van der Waals surface area contributed by atoms with Crippen LogP contribution in [0.25, 0.3) is 0 Å². The Labute approximate surface area is 293 Å². The van der Waals surface area contributed by atoms with E-state index in [-0.39, 0.29) is 24.3 Å². The van der Waals surface area contributed by atoms with Gasteiger partial charge in [0, 0.05) is 12.6 Å². The molecule has 0 fully saturated rings. The number of carbonyl (C=O) groups is 5. The number of pyridine rings is 1. The topological polar surface area (TPSA) is 162 Å². The lowest BCUT2D eigenvalue weighted by atomic mass is 9.97. The summed E-state index contributed by atoms with van der Waals surface area (Å²) in [6.45, 7) is 7.51. The molecule has 0 saturated carbocycles. The summed E-state index contributed by atoms with van der Waals surface area (Å²) in [5.41, 5.74) is -0.00771. The van der Waals surface area contributed by atoms with Crippen LogP contribution in [0.3, 0.4) is 0 Å².